The van der Waals surface area contributed by atoms with E-state index in [1.54, 1.807) is 0 Å². The molecule has 0 aliphatic heterocycles. The van der Waals surface area contributed by atoms with Crippen LogP contribution in [0, 0.1) is 0 Å². The zero-order valence-electron chi connectivity index (χ0n) is 14.6. The Kier molecular flexibility index (Phi) is 5.59. The van der Waals surface area contributed by atoms with Gasteiger partial charge in [-0.05, 0) is 23.1 Å². The van der Waals surface area contributed by atoms with Crippen LogP contribution in [0.4, 0.5) is 0 Å². The van der Waals surface area contributed by atoms with Gasteiger partial charge in [-0.2, -0.15) is 5.10 Å². The predicted molar refractivity (Wildman–Crippen MR) is 101 cm³/mol. The van der Waals surface area contributed by atoms with Crippen molar-refractivity contribution in [3.8, 4) is 0 Å². The number of nitrogens with zero attached hydrogens (tertiary/aromatic N) is 2. The van der Waals surface area contributed by atoms with E-state index in [1.165, 1.54) is 16.8 Å². The zero-order valence-corrected chi connectivity index (χ0v) is 14.6. The van der Waals surface area contributed by atoms with Crippen molar-refractivity contribution in [2.24, 2.45) is 0 Å². The molecule has 1 N–H and O–H groups in total. The number of rotatable bonds is 6. The molecule has 5 nitrogen and oxygen atoms in total. The minimum absolute atomic E-state index is 0.190. The third-order valence-corrected chi connectivity index (χ3v) is 4.21. The molecule has 0 aliphatic rings. The second kappa shape index (κ2) is 8.25. The Bertz CT molecular complexity index is 921. The van der Waals surface area contributed by atoms with Crippen LogP contribution in [0.15, 0.2) is 77.6 Å². The Morgan fingerprint density at radius 2 is 1.65 bits per heavy atom. The van der Waals surface area contributed by atoms with Gasteiger partial charge in [0.2, 0.25) is 0 Å². The Morgan fingerprint density at radius 1 is 1.00 bits per heavy atom. The van der Waals surface area contributed by atoms with E-state index in [-0.39, 0.29) is 23.1 Å². The van der Waals surface area contributed by atoms with Crippen molar-refractivity contribution in [1.29, 1.82) is 0 Å². The second-order valence-corrected chi connectivity index (χ2v) is 6.22. The van der Waals surface area contributed by atoms with Gasteiger partial charge in [-0.25, -0.2) is 4.68 Å². The fourth-order valence-electron chi connectivity index (χ4n) is 2.68. The van der Waals surface area contributed by atoms with Gasteiger partial charge in [0.15, 0.2) is 0 Å². The van der Waals surface area contributed by atoms with Crippen LogP contribution in [0.5, 0.6) is 0 Å². The summed E-state index contributed by atoms with van der Waals surface area (Å²) in [6, 6.07) is 22.4. The average molecular weight is 347 g/mol. The smallest absolute Gasteiger partial charge is 0.271 e. The van der Waals surface area contributed by atoms with E-state index in [0.717, 1.165) is 11.1 Å². The Hall–Kier alpha value is -3.21. The van der Waals surface area contributed by atoms with Crippen LogP contribution in [0.3, 0.4) is 0 Å². The number of nitrogens with one attached hydrogen (secondary N) is 1. The fourth-order valence-corrected chi connectivity index (χ4v) is 2.68. The Labute approximate surface area is 152 Å². The molecule has 5 heteroatoms. The van der Waals surface area contributed by atoms with E-state index in [0.29, 0.717) is 13.1 Å². The molecule has 0 spiro atoms. The summed E-state index contributed by atoms with van der Waals surface area (Å²) in [5.74, 6) is -0.0926. The molecule has 1 amide bonds. The molecule has 0 saturated heterocycles. The molecule has 0 aliphatic carbocycles. The Balaban J connectivity index is 1.68. The molecular formula is C21H21N3O2. The van der Waals surface area contributed by atoms with Gasteiger partial charge in [0.05, 0.1) is 6.54 Å². The molecule has 2 aromatic carbocycles. The molecule has 0 fully saturated rings. The van der Waals surface area contributed by atoms with Crippen LogP contribution >= 0.6 is 0 Å². The lowest BCUT2D eigenvalue weighted by molar-refractivity contribution is 0.0944. The predicted octanol–water partition coefficient (Wildman–Crippen LogP) is 2.83. The van der Waals surface area contributed by atoms with Crippen LogP contribution in [0.25, 0.3) is 0 Å². The van der Waals surface area contributed by atoms with E-state index >= 15 is 0 Å². The Morgan fingerprint density at radius 3 is 2.35 bits per heavy atom. The molecule has 1 atom stereocenters. The molecule has 1 aromatic heterocycles. The summed E-state index contributed by atoms with van der Waals surface area (Å²) in [4.78, 5) is 24.4. The molecule has 132 valence electrons. The van der Waals surface area contributed by atoms with Gasteiger partial charge in [-0.3, -0.25) is 9.59 Å². The highest BCUT2D eigenvalue weighted by molar-refractivity contribution is 5.92. The first-order chi connectivity index (χ1) is 12.6. The highest BCUT2D eigenvalue weighted by Gasteiger charge is 2.12. The summed E-state index contributed by atoms with van der Waals surface area (Å²) in [7, 11) is 0. The SMILES string of the molecule is C[C@@H](CNC(=O)c1ccc(=O)n(Cc2ccccc2)n1)c1ccccc1. The zero-order chi connectivity index (χ0) is 18.4. The quantitative estimate of drug-likeness (QED) is 0.746. The van der Waals surface area contributed by atoms with E-state index in [9.17, 15) is 9.59 Å². The van der Waals surface area contributed by atoms with E-state index in [1.807, 2.05) is 60.7 Å². The number of hydrogen-bond donors (Lipinski definition) is 1. The van der Waals surface area contributed by atoms with E-state index in [4.69, 9.17) is 0 Å². The van der Waals surface area contributed by atoms with Crippen LogP contribution in [-0.2, 0) is 6.54 Å². The summed E-state index contributed by atoms with van der Waals surface area (Å²) in [5.41, 5.74) is 2.12. The molecule has 0 bridgehead atoms. The molecule has 0 saturated carbocycles. The maximum atomic E-state index is 12.4. The number of amides is 1. The van der Waals surface area contributed by atoms with Gasteiger partial charge in [0, 0.05) is 12.6 Å². The minimum atomic E-state index is -0.283. The fraction of sp³-hybridized carbons (Fsp3) is 0.190. The standard InChI is InChI=1S/C21H21N3O2/c1-16(18-10-6-3-7-11-18)14-22-21(26)19-12-13-20(25)24(23-19)15-17-8-4-2-5-9-17/h2-13,16H,14-15H2,1H3,(H,22,26)/t16-/m0/s1. The third kappa shape index (κ3) is 4.45. The van der Waals surface area contributed by atoms with Gasteiger partial charge >= 0.3 is 0 Å². The van der Waals surface area contributed by atoms with Gasteiger partial charge < -0.3 is 5.32 Å². The molecule has 3 aromatic rings. The van der Waals surface area contributed by atoms with Gasteiger partial charge in [0.25, 0.3) is 11.5 Å². The van der Waals surface area contributed by atoms with Crippen molar-refractivity contribution < 1.29 is 4.79 Å². The van der Waals surface area contributed by atoms with Crippen molar-refractivity contribution in [2.75, 3.05) is 6.54 Å². The van der Waals surface area contributed by atoms with Crippen LogP contribution < -0.4 is 10.9 Å². The van der Waals surface area contributed by atoms with Crippen molar-refractivity contribution in [3.63, 3.8) is 0 Å². The molecule has 1 heterocycles. The van der Waals surface area contributed by atoms with Crippen LogP contribution in [-0.4, -0.2) is 22.2 Å². The van der Waals surface area contributed by atoms with Crippen molar-refractivity contribution in [1.82, 2.24) is 15.1 Å². The molecule has 0 unspecified atom stereocenters. The van der Waals surface area contributed by atoms with Crippen LogP contribution in [0.1, 0.15) is 34.5 Å². The molecule has 3 rings (SSSR count). The maximum absolute atomic E-state index is 12.4. The summed E-state index contributed by atoms with van der Waals surface area (Å²) in [6.07, 6.45) is 0. The lowest BCUT2D eigenvalue weighted by Crippen LogP contribution is -2.31. The third-order valence-electron chi connectivity index (χ3n) is 4.21. The minimum Gasteiger partial charge on any atom is -0.350 e. The first kappa shape index (κ1) is 17.6. The number of carbonyl (C=O) groups excluding carboxylic acids is 1. The van der Waals surface area contributed by atoms with E-state index < -0.39 is 0 Å². The van der Waals surface area contributed by atoms with Crippen molar-refractivity contribution >= 4 is 5.91 Å². The average Bonchev–Trinajstić information content (AvgIpc) is 2.69. The highest BCUT2D eigenvalue weighted by Crippen LogP contribution is 2.13. The maximum Gasteiger partial charge on any atom is 0.271 e. The van der Waals surface area contributed by atoms with Crippen molar-refractivity contribution in [2.45, 2.75) is 19.4 Å². The number of carbonyl (C=O) groups is 1. The topological polar surface area (TPSA) is 64.0 Å². The highest BCUT2D eigenvalue weighted by atomic mass is 16.2. The first-order valence-electron chi connectivity index (χ1n) is 8.59. The van der Waals surface area contributed by atoms with Gasteiger partial charge in [-0.15, -0.1) is 0 Å². The normalized spacial score (nSPS) is 11.7. The van der Waals surface area contributed by atoms with E-state index in [2.05, 4.69) is 17.3 Å². The summed E-state index contributed by atoms with van der Waals surface area (Å²) in [6.45, 7) is 2.89. The number of aromatic nitrogens is 2. The lowest BCUT2D eigenvalue weighted by atomic mass is 10.0. The first-order valence-corrected chi connectivity index (χ1v) is 8.59. The monoisotopic (exact) mass is 347 g/mol. The summed E-state index contributed by atoms with van der Waals surface area (Å²) >= 11 is 0. The molecular weight excluding hydrogens is 326 g/mol. The summed E-state index contributed by atoms with van der Waals surface area (Å²) in [5, 5.41) is 7.10. The number of benzene rings is 2. The number of hydrogen-bond acceptors (Lipinski definition) is 3. The largest absolute Gasteiger partial charge is 0.350 e. The van der Waals surface area contributed by atoms with Gasteiger partial charge in [0.1, 0.15) is 5.69 Å². The lowest BCUT2D eigenvalue weighted by Gasteiger charge is -2.13. The van der Waals surface area contributed by atoms with Crippen LogP contribution in [0.2, 0.25) is 0 Å². The molecule has 26 heavy (non-hydrogen) atoms. The van der Waals surface area contributed by atoms with Gasteiger partial charge in [-0.1, -0.05) is 67.6 Å². The second-order valence-electron chi connectivity index (χ2n) is 6.22. The van der Waals surface area contributed by atoms with Crippen molar-refractivity contribution in [3.05, 3.63) is 100.0 Å². The summed E-state index contributed by atoms with van der Waals surface area (Å²) < 4.78 is 1.31. The molecule has 0 radical (unpaired) electrons.